The molecule has 0 unspecified atom stereocenters. The SMILES string of the molecule is CCCCN(C(=O)c1ccccc1Cl)c1nnc(-c2cc(C)c(OCCC3CCNCC3)c(C)c2)s1. The summed E-state index contributed by atoms with van der Waals surface area (Å²) < 4.78 is 6.22. The monoisotopic (exact) mass is 526 g/mol. The Morgan fingerprint density at radius 2 is 1.89 bits per heavy atom. The predicted octanol–water partition coefficient (Wildman–Crippen LogP) is 6.69. The molecule has 1 N–H and O–H groups in total. The van der Waals surface area contributed by atoms with Crippen molar-refractivity contribution in [2.45, 2.75) is 52.9 Å². The van der Waals surface area contributed by atoms with Gasteiger partial charge in [-0.1, -0.05) is 48.4 Å². The molecule has 2 heterocycles. The number of aromatic nitrogens is 2. The van der Waals surface area contributed by atoms with Gasteiger partial charge >= 0.3 is 0 Å². The van der Waals surface area contributed by atoms with Crippen LogP contribution in [0.4, 0.5) is 5.13 Å². The van der Waals surface area contributed by atoms with Gasteiger partial charge in [-0.15, -0.1) is 10.2 Å². The Morgan fingerprint density at radius 3 is 2.58 bits per heavy atom. The third-order valence-electron chi connectivity index (χ3n) is 6.67. The number of hydrogen-bond donors (Lipinski definition) is 1. The number of aryl methyl sites for hydroxylation is 2. The number of carbonyl (C=O) groups is 1. The number of nitrogens with zero attached hydrogens (tertiary/aromatic N) is 3. The van der Waals surface area contributed by atoms with E-state index in [9.17, 15) is 4.79 Å². The summed E-state index contributed by atoms with van der Waals surface area (Å²) in [5, 5.41) is 14.1. The van der Waals surface area contributed by atoms with Crippen LogP contribution in [0.15, 0.2) is 36.4 Å². The zero-order valence-corrected chi connectivity index (χ0v) is 22.9. The molecule has 1 aliphatic heterocycles. The number of rotatable bonds is 10. The number of benzene rings is 2. The fraction of sp³-hybridized carbons (Fsp3) is 0.464. The summed E-state index contributed by atoms with van der Waals surface area (Å²) in [6.45, 7) is 9.79. The Balaban J connectivity index is 1.50. The van der Waals surface area contributed by atoms with Gasteiger partial charge < -0.3 is 10.1 Å². The van der Waals surface area contributed by atoms with E-state index in [1.807, 2.05) is 12.1 Å². The normalized spacial score (nSPS) is 14.1. The van der Waals surface area contributed by atoms with Crippen molar-refractivity contribution in [1.29, 1.82) is 0 Å². The number of anilines is 1. The molecule has 1 aliphatic rings. The summed E-state index contributed by atoms with van der Waals surface area (Å²) in [7, 11) is 0. The second kappa shape index (κ2) is 12.7. The van der Waals surface area contributed by atoms with Crippen LogP contribution in [-0.2, 0) is 0 Å². The summed E-state index contributed by atoms with van der Waals surface area (Å²) in [6, 6.07) is 11.3. The van der Waals surface area contributed by atoms with Gasteiger partial charge in [-0.25, -0.2) is 0 Å². The fourth-order valence-corrected chi connectivity index (χ4v) is 5.69. The van der Waals surface area contributed by atoms with E-state index < -0.39 is 0 Å². The Labute approximate surface area is 223 Å². The van der Waals surface area contributed by atoms with Crippen LogP contribution in [0.5, 0.6) is 5.75 Å². The Bertz CT molecular complexity index is 1150. The van der Waals surface area contributed by atoms with Gasteiger partial charge in [0, 0.05) is 12.1 Å². The van der Waals surface area contributed by atoms with E-state index in [4.69, 9.17) is 16.3 Å². The Morgan fingerprint density at radius 1 is 1.17 bits per heavy atom. The van der Waals surface area contributed by atoms with Crippen LogP contribution in [0.25, 0.3) is 10.6 Å². The Hall–Kier alpha value is -2.48. The van der Waals surface area contributed by atoms with Gasteiger partial charge in [0.25, 0.3) is 5.91 Å². The minimum Gasteiger partial charge on any atom is -0.493 e. The standard InChI is InChI=1S/C28H35ClN4O2S/c1-4-5-15-33(27(34)23-8-6-7-9-24(23)29)28-32-31-26(36-28)22-17-19(2)25(20(3)18-22)35-16-12-21-10-13-30-14-11-21/h6-9,17-18,21,30H,4-5,10-16H2,1-3H3. The minimum atomic E-state index is -0.151. The summed E-state index contributed by atoms with van der Waals surface area (Å²) in [6.07, 6.45) is 5.39. The molecular weight excluding hydrogens is 492 g/mol. The lowest BCUT2D eigenvalue weighted by atomic mass is 9.95. The first-order valence-electron chi connectivity index (χ1n) is 12.8. The number of amides is 1. The molecule has 0 spiro atoms. The van der Waals surface area contributed by atoms with Gasteiger partial charge in [0.05, 0.1) is 17.2 Å². The van der Waals surface area contributed by atoms with Gasteiger partial charge in [0.2, 0.25) is 5.13 Å². The summed E-state index contributed by atoms with van der Waals surface area (Å²) in [4.78, 5) is 15.0. The van der Waals surface area contributed by atoms with Gasteiger partial charge in [-0.05, 0) is 93.9 Å². The summed E-state index contributed by atoms with van der Waals surface area (Å²) in [5.41, 5.74) is 3.63. The molecule has 1 saturated heterocycles. The molecule has 1 fully saturated rings. The van der Waals surface area contributed by atoms with Gasteiger partial charge in [-0.2, -0.15) is 0 Å². The lowest BCUT2D eigenvalue weighted by molar-refractivity contribution is 0.0986. The van der Waals surface area contributed by atoms with Crippen LogP contribution >= 0.6 is 22.9 Å². The molecule has 0 radical (unpaired) electrons. The first kappa shape index (κ1) is 26.6. The van der Waals surface area contributed by atoms with Crippen LogP contribution in [0.1, 0.15) is 60.5 Å². The summed E-state index contributed by atoms with van der Waals surface area (Å²) >= 11 is 7.75. The van der Waals surface area contributed by atoms with Crippen LogP contribution in [-0.4, -0.2) is 42.3 Å². The van der Waals surface area contributed by atoms with E-state index in [2.05, 4.69) is 48.4 Å². The van der Waals surface area contributed by atoms with Crippen LogP contribution in [0, 0.1) is 19.8 Å². The molecule has 2 aromatic carbocycles. The van der Waals surface area contributed by atoms with Gasteiger partial charge in [-0.3, -0.25) is 9.69 Å². The lowest BCUT2D eigenvalue weighted by Crippen LogP contribution is -2.32. The molecule has 6 nitrogen and oxygen atoms in total. The van der Waals surface area contributed by atoms with Crippen molar-refractivity contribution >= 4 is 34.0 Å². The number of piperidine rings is 1. The van der Waals surface area contributed by atoms with E-state index in [1.54, 1.807) is 17.0 Å². The lowest BCUT2D eigenvalue weighted by Gasteiger charge is -2.23. The average Bonchev–Trinajstić information content (AvgIpc) is 3.36. The molecule has 192 valence electrons. The van der Waals surface area contributed by atoms with Crippen molar-refractivity contribution in [3.63, 3.8) is 0 Å². The number of halogens is 1. The largest absolute Gasteiger partial charge is 0.493 e. The quantitative estimate of drug-likeness (QED) is 0.318. The summed E-state index contributed by atoms with van der Waals surface area (Å²) in [5.74, 6) is 1.55. The maximum atomic E-state index is 13.3. The second-order valence-corrected chi connectivity index (χ2v) is 10.8. The second-order valence-electron chi connectivity index (χ2n) is 9.45. The molecule has 1 aromatic heterocycles. The first-order chi connectivity index (χ1) is 17.5. The fourth-order valence-electron chi connectivity index (χ4n) is 4.62. The predicted molar refractivity (Wildman–Crippen MR) is 149 cm³/mol. The molecule has 0 atom stereocenters. The first-order valence-corrected chi connectivity index (χ1v) is 14.0. The molecular formula is C28H35ClN4O2S. The van der Waals surface area contributed by atoms with Crippen molar-refractivity contribution in [2.24, 2.45) is 5.92 Å². The van der Waals surface area contributed by atoms with E-state index in [0.717, 1.165) is 72.3 Å². The molecule has 36 heavy (non-hydrogen) atoms. The number of hydrogen-bond acceptors (Lipinski definition) is 6. The molecule has 0 saturated carbocycles. The highest BCUT2D eigenvalue weighted by molar-refractivity contribution is 7.18. The molecule has 4 rings (SSSR count). The third kappa shape index (κ3) is 6.44. The van der Waals surface area contributed by atoms with Crippen molar-refractivity contribution in [2.75, 3.05) is 31.1 Å². The molecule has 3 aromatic rings. The molecule has 0 aliphatic carbocycles. The van der Waals surface area contributed by atoms with Crippen molar-refractivity contribution in [3.8, 4) is 16.3 Å². The van der Waals surface area contributed by atoms with Gasteiger partial charge in [0.15, 0.2) is 0 Å². The minimum absolute atomic E-state index is 0.151. The molecule has 8 heteroatoms. The van der Waals surface area contributed by atoms with Crippen LogP contribution in [0.3, 0.4) is 0 Å². The zero-order chi connectivity index (χ0) is 25.5. The molecule has 0 bridgehead atoms. The smallest absolute Gasteiger partial charge is 0.261 e. The highest BCUT2D eigenvalue weighted by Gasteiger charge is 2.23. The average molecular weight is 527 g/mol. The van der Waals surface area contributed by atoms with Crippen molar-refractivity contribution in [1.82, 2.24) is 15.5 Å². The van der Waals surface area contributed by atoms with E-state index >= 15 is 0 Å². The Kier molecular flexibility index (Phi) is 9.35. The topological polar surface area (TPSA) is 67.4 Å². The van der Waals surface area contributed by atoms with Crippen molar-refractivity contribution < 1.29 is 9.53 Å². The zero-order valence-electron chi connectivity index (χ0n) is 21.3. The highest BCUT2D eigenvalue weighted by atomic mass is 35.5. The third-order valence-corrected chi connectivity index (χ3v) is 7.99. The van der Waals surface area contributed by atoms with Crippen molar-refractivity contribution in [3.05, 3.63) is 58.1 Å². The number of nitrogens with one attached hydrogen (secondary N) is 1. The van der Waals surface area contributed by atoms with E-state index in [-0.39, 0.29) is 5.91 Å². The maximum absolute atomic E-state index is 13.3. The molecule has 1 amide bonds. The maximum Gasteiger partial charge on any atom is 0.261 e. The van der Waals surface area contributed by atoms with Crippen LogP contribution in [0.2, 0.25) is 5.02 Å². The number of unbranched alkanes of at least 4 members (excludes halogenated alkanes) is 1. The number of carbonyl (C=O) groups excluding carboxylic acids is 1. The highest BCUT2D eigenvalue weighted by Crippen LogP contribution is 2.35. The van der Waals surface area contributed by atoms with Crippen LogP contribution < -0.4 is 15.0 Å². The van der Waals surface area contributed by atoms with E-state index in [1.165, 1.54) is 24.2 Å². The number of ether oxygens (including phenoxy) is 1. The van der Waals surface area contributed by atoms with E-state index in [0.29, 0.717) is 22.3 Å². The van der Waals surface area contributed by atoms with Gasteiger partial charge in [0.1, 0.15) is 10.8 Å².